The predicted octanol–water partition coefficient (Wildman–Crippen LogP) is 2.10. The lowest BCUT2D eigenvalue weighted by atomic mass is 10.4. The lowest BCUT2D eigenvalue weighted by molar-refractivity contribution is 0.310. The fourth-order valence-electron chi connectivity index (χ4n) is 1.23. The van der Waals surface area contributed by atoms with E-state index in [-0.39, 0.29) is 5.95 Å². The molecular weight excluding hydrogens is 260 g/mol. The molecule has 2 heterocycles. The van der Waals surface area contributed by atoms with Gasteiger partial charge in [-0.15, -0.1) is 11.3 Å². The van der Waals surface area contributed by atoms with Crippen LogP contribution in [0.4, 0.5) is 5.95 Å². The van der Waals surface area contributed by atoms with Gasteiger partial charge in [-0.1, -0.05) is 17.7 Å². The van der Waals surface area contributed by atoms with Gasteiger partial charge in [0.25, 0.3) is 0 Å². The summed E-state index contributed by atoms with van der Waals surface area (Å²) in [6.07, 6.45) is 2.27. The molecule has 0 aliphatic carbocycles. The predicted molar refractivity (Wildman–Crippen MR) is 68.4 cm³/mol. The highest BCUT2D eigenvalue weighted by molar-refractivity contribution is 7.09. The van der Waals surface area contributed by atoms with E-state index >= 15 is 0 Å². The Hall–Kier alpha value is -1.37. The first kappa shape index (κ1) is 12.1. The molecule has 0 spiro atoms. The molecule has 7 heteroatoms. The molecule has 0 unspecified atom stereocenters. The van der Waals surface area contributed by atoms with E-state index in [1.54, 1.807) is 11.3 Å². The third-order valence-electron chi connectivity index (χ3n) is 2.01. The molecule has 0 saturated carbocycles. The molecule has 0 saturated heterocycles. The minimum atomic E-state index is 0.278. The van der Waals surface area contributed by atoms with Crippen molar-refractivity contribution in [3.05, 3.63) is 33.6 Å². The van der Waals surface area contributed by atoms with Crippen molar-refractivity contribution in [3.63, 3.8) is 0 Å². The molecule has 0 bridgehead atoms. The zero-order chi connectivity index (χ0) is 12.1. The molecule has 2 aromatic heterocycles. The van der Waals surface area contributed by atoms with Crippen LogP contribution in [0.15, 0.2) is 23.7 Å². The Balaban J connectivity index is 1.94. The molecule has 0 radical (unpaired) electrons. The summed E-state index contributed by atoms with van der Waals surface area (Å²) in [5.74, 6) is 5.82. The maximum Gasteiger partial charge on any atom is 0.240 e. The monoisotopic (exact) mass is 270 g/mol. The second-order valence-electron chi connectivity index (χ2n) is 3.17. The number of thiophene rings is 1. The van der Waals surface area contributed by atoms with Gasteiger partial charge in [0.1, 0.15) is 5.02 Å². The first-order valence-corrected chi connectivity index (χ1v) is 6.19. The molecule has 0 atom stereocenters. The van der Waals surface area contributed by atoms with Gasteiger partial charge in [0.05, 0.1) is 12.8 Å². The van der Waals surface area contributed by atoms with E-state index in [4.69, 9.17) is 22.2 Å². The van der Waals surface area contributed by atoms with Gasteiger partial charge in [-0.2, -0.15) is 4.98 Å². The van der Waals surface area contributed by atoms with Crippen LogP contribution in [0.1, 0.15) is 4.88 Å². The van der Waals surface area contributed by atoms with Crippen LogP contribution in [0.25, 0.3) is 0 Å². The van der Waals surface area contributed by atoms with Crippen LogP contribution in [-0.4, -0.2) is 16.6 Å². The van der Waals surface area contributed by atoms with Crippen molar-refractivity contribution < 1.29 is 4.74 Å². The van der Waals surface area contributed by atoms with Crippen molar-refractivity contribution in [2.24, 2.45) is 5.84 Å². The Morgan fingerprint density at radius 2 is 2.41 bits per heavy atom. The zero-order valence-corrected chi connectivity index (χ0v) is 10.5. The Bertz CT molecular complexity index is 477. The van der Waals surface area contributed by atoms with Crippen LogP contribution < -0.4 is 16.0 Å². The molecule has 90 valence electrons. The molecule has 2 aromatic rings. The smallest absolute Gasteiger partial charge is 0.240 e. The van der Waals surface area contributed by atoms with Crippen molar-refractivity contribution in [3.8, 4) is 5.88 Å². The topological polar surface area (TPSA) is 73.1 Å². The summed E-state index contributed by atoms with van der Waals surface area (Å²) in [4.78, 5) is 9.13. The Kier molecular flexibility index (Phi) is 4.13. The fraction of sp³-hybridized carbons (Fsp3) is 0.200. The summed E-state index contributed by atoms with van der Waals surface area (Å²) in [6.45, 7) is 0.515. The second kappa shape index (κ2) is 5.81. The van der Waals surface area contributed by atoms with Gasteiger partial charge in [-0.05, 0) is 11.4 Å². The van der Waals surface area contributed by atoms with Crippen molar-refractivity contribution in [2.45, 2.75) is 6.42 Å². The Morgan fingerprint density at radius 3 is 3.12 bits per heavy atom. The van der Waals surface area contributed by atoms with E-state index in [1.165, 1.54) is 11.1 Å². The highest BCUT2D eigenvalue weighted by atomic mass is 35.5. The largest absolute Gasteiger partial charge is 0.476 e. The number of nitrogens with one attached hydrogen (secondary N) is 1. The normalized spacial score (nSPS) is 10.2. The van der Waals surface area contributed by atoms with Gasteiger partial charge >= 0.3 is 0 Å². The number of halogens is 1. The molecule has 5 nitrogen and oxygen atoms in total. The number of anilines is 1. The van der Waals surface area contributed by atoms with Gasteiger partial charge in [0.15, 0.2) is 0 Å². The van der Waals surface area contributed by atoms with E-state index in [1.807, 2.05) is 11.4 Å². The van der Waals surface area contributed by atoms with Crippen LogP contribution in [0.3, 0.4) is 0 Å². The number of ether oxygens (including phenoxy) is 1. The summed E-state index contributed by atoms with van der Waals surface area (Å²) in [6, 6.07) is 4.07. The summed E-state index contributed by atoms with van der Waals surface area (Å²) < 4.78 is 5.48. The number of nitrogens with zero attached hydrogens (tertiary/aromatic N) is 2. The van der Waals surface area contributed by atoms with Gasteiger partial charge in [0, 0.05) is 11.3 Å². The van der Waals surface area contributed by atoms with Gasteiger partial charge in [0.2, 0.25) is 11.8 Å². The average molecular weight is 271 g/mol. The summed E-state index contributed by atoms with van der Waals surface area (Å²) in [5, 5.41) is 2.40. The minimum absolute atomic E-state index is 0.278. The molecule has 3 N–H and O–H groups in total. The van der Waals surface area contributed by atoms with Crippen molar-refractivity contribution in [2.75, 3.05) is 12.0 Å². The van der Waals surface area contributed by atoms with E-state index in [0.717, 1.165) is 6.42 Å². The molecule has 17 heavy (non-hydrogen) atoms. The van der Waals surface area contributed by atoms with Gasteiger partial charge in [-0.3, -0.25) is 5.43 Å². The first-order valence-electron chi connectivity index (χ1n) is 4.94. The maximum atomic E-state index is 5.90. The zero-order valence-electron chi connectivity index (χ0n) is 8.89. The van der Waals surface area contributed by atoms with Crippen molar-refractivity contribution in [1.82, 2.24) is 9.97 Å². The standard InChI is InChI=1S/C10H11ClN4OS/c11-8-6-13-10(15-12)14-9(8)16-4-3-7-2-1-5-17-7/h1-2,5-6H,3-4,12H2,(H,13,14,15). The number of hydrogen-bond acceptors (Lipinski definition) is 6. The summed E-state index contributed by atoms with van der Waals surface area (Å²) in [5.41, 5.74) is 2.34. The molecule has 0 aliphatic rings. The summed E-state index contributed by atoms with van der Waals surface area (Å²) in [7, 11) is 0. The van der Waals surface area contributed by atoms with Crippen LogP contribution in [0.5, 0.6) is 5.88 Å². The number of hydrogen-bond donors (Lipinski definition) is 2. The van der Waals surface area contributed by atoms with E-state index in [2.05, 4.69) is 21.5 Å². The van der Waals surface area contributed by atoms with Crippen LogP contribution in [0.2, 0.25) is 5.02 Å². The molecule has 0 amide bonds. The number of nitrogen functional groups attached to an aromatic ring is 1. The summed E-state index contributed by atoms with van der Waals surface area (Å²) >= 11 is 7.59. The SMILES string of the molecule is NNc1ncc(Cl)c(OCCc2cccs2)n1. The van der Waals surface area contributed by atoms with E-state index < -0.39 is 0 Å². The molecule has 0 fully saturated rings. The number of nitrogens with two attached hydrogens (primary N) is 1. The van der Waals surface area contributed by atoms with Crippen molar-refractivity contribution >= 4 is 28.9 Å². The number of hydrazine groups is 1. The Labute approximate surface area is 108 Å². The van der Waals surface area contributed by atoms with Gasteiger partial charge < -0.3 is 4.74 Å². The quantitative estimate of drug-likeness (QED) is 0.643. The van der Waals surface area contributed by atoms with E-state index in [0.29, 0.717) is 17.5 Å². The first-order chi connectivity index (χ1) is 8.29. The molecular formula is C10H11ClN4OS. The fourth-order valence-corrected chi connectivity index (χ4v) is 2.06. The molecule has 2 rings (SSSR count). The Morgan fingerprint density at radius 1 is 1.53 bits per heavy atom. The lowest BCUT2D eigenvalue weighted by Crippen LogP contribution is -2.11. The second-order valence-corrected chi connectivity index (χ2v) is 4.61. The molecule has 0 aromatic carbocycles. The van der Waals surface area contributed by atoms with Crippen molar-refractivity contribution in [1.29, 1.82) is 0 Å². The number of rotatable bonds is 5. The third kappa shape index (κ3) is 3.29. The van der Waals surface area contributed by atoms with Crippen LogP contribution >= 0.6 is 22.9 Å². The van der Waals surface area contributed by atoms with E-state index in [9.17, 15) is 0 Å². The maximum absolute atomic E-state index is 5.90. The minimum Gasteiger partial charge on any atom is -0.476 e. The lowest BCUT2D eigenvalue weighted by Gasteiger charge is -2.07. The van der Waals surface area contributed by atoms with Gasteiger partial charge in [-0.25, -0.2) is 10.8 Å². The van der Waals surface area contributed by atoms with Crippen LogP contribution in [0, 0.1) is 0 Å². The molecule has 0 aliphatic heterocycles. The third-order valence-corrected chi connectivity index (χ3v) is 3.20. The van der Waals surface area contributed by atoms with Crippen LogP contribution in [-0.2, 0) is 6.42 Å². The number of aromatic nitrogens is 2. The highest BCUT2D eigenvalue weighted by Crippen LogP contribution is 2.21. The average Bonchev–Trinajstić information content (AvgIpc) is 2.84. The highest BCUT2D eigenvalue weighted by Gasteiger charge is 2.06.